The highest BCUT2D eigenvalue weighted by Gasteiger charge is 1.97. The van der Waals surface area contributed by atoms with Crippen molar-refractivity contribution in [3.05, 3.63) is 30.1 Å². The smallest absolute Gasteiger partial charge is 0.0312 e. The second-order valence-electron chi connectivity index (χ2n) is 3.84. The maximum Gasteiger partial charge on any atom is 0.0312 e. The average molecular weight is 192 g/mol. The molecule has 2 heteroatoms. The molecule has 14 heavy (non-hydrogen) atoms. The lowest BCUT2D eigenvalue weighted by Crippen LogP contribution is -2.16. The van der Waals surface area contributed by atoms with Crippen molar-refractivity contribution >= 4 is 0 Å². The van der Waals surface area contributed by atoms with Crippen LogP contribution in [0.2, 0.25) is 0 Å². The molecule has 0 aliphatic carbocycles. The molecule has 0 fully saturated rings. The Hall–Kier alpha value is -0.890. The Morgan fingerprint density at radius 3 is 3.00 bits per heavy atom. The zero-order chi connectivity index (χ0) is 10.2. The fourth-order valence-corrected chi connectivity index (χ4v) is 1.29. The van der Waals surface area contributed by atoms with Crippen LogP contribution in [0.1, 0.15) is 32.3 Å². The van der Waals surface area contributed by atoms with E-state index in [1.807, 2.05) is 18.5 Å². The van der Waals surface area contributed by atoms with Crippen LogP contribution in [0.3, 0.4) is 0 Å². The lowest BCUT2D eigenvalue weighted by Gasteiger charge is -2.08. The summed E-state index contributed by atoms with van der Waals surface area (Å²) < 4.78 is 0. The first kappa shape index (κ1) is 11.2. The van der Waals surface area contributed by atoms with Gasteiger partial charge in [-0.05, 0) is 30.5 Å². The van der Waals surface area contributed by atoms with Gasteiger partial charge in [0.05, 0.1) is 0 Å². The molecular weight excluding hydrogens is 172 g/mol. The first-order chi connectivity index (χ1) is 6.83. The maximum atomic E-state index is 4.07. The Balaban J connectivity index is 2.10. The second kappa shape index (κ2) is 6.55. The topological polar surface area (TPSA) is 24.9 Å². The number of pyridine rings is 1. The summed E-state index contributed by atoms with van der Waals surface area (Å²) in [6.07, 6.45) is 6.25. The molecule has 0 aliphatic heterocycles. The molecule has 0 saturated heterocycles. The monoisotopic (exact) mass is 192 g/mol. The predicted molar refractivity (Wildman–Crippen MR) is 60.0 cm³/mol. The van der Waals surface area contributed by atoms with Crippen LogP contribution in [0, 0.1) is 5.92 Å². The number of nitrogens with zero attached hydrogens (tertiary/aromatic N) is 1. The van der Waals surface area contributed by atoms with Crippen molar-refractivity contribution in [2.45, 2.75) is 33.2 Å². The Morgan fingerprint density at radius 2 is 2.36 bits per heavy atom. The van der Waals surface area contributed by atoms with Gasteiger partial charge in [-0.3, -0.25) is 4.98 Å². The number of aromatic nitrogens is 1. The SMILES string of the molecule is CCC(C)CCNCc1cccnc1. The van der Waals surface area contributed by atoms with Crippen LogP contribution in [0.4, 0.5) is 0 Å². The molecule has 1 heterocycles. The molecule has 1 rings (SSSR count). The van der Waals surface area contributed by atoms with E-state index in [9.17, 15) is 0 Å². The van der Waals surface area contributed by atoms with E-state index in [4.69, 9.17) is 0 Å². The van der Waals surface area contributed by atoms with E-state index in [0.29, 0.717) is 0 Å². The van der Waals surface area contributed by atoms with Gasteiger partial charge in [0.1, 0.15) is 0 Å². The van der Waals surface area contributed by atoms with Gasteiger partial charge < -0.3 is 5.32 Å². The summed E-state index contributed by atoms with van der Waals surface area (Å²) in [6.45, 7) is 6.58. The van der Waals surface area contributed by atoms with Gasteiger partial charge in [-0.1, -0.05) is 26.3 Å². The van der Waals surface area contributed by atoms with Gasteiger partial charge >= 0.3 is 0 Å². The number of nitrogens with one attached hydrogen (secondary N) is 1. The van der Waals surface area contributed by atoms with Crippen molar-refractivity contribution in [1.29, 1.82) is 0 Å². The van der Waals surface area contributed by atoms with E-state index in [1.165, 1.54) is 18.4 Å². The molecule has 1 aromatic heterocycles. The molecule has 0 saturated carbocycles. The molecule has 0 aliphatic rings. The quantitative estimate of drug-likeness (QED) is 0.701. The number of hydrogen-bond acceptors (Lipinski definition) is 2. The fourth-order valence-electron chi connectivity index (χ4n) is 1.29. The van der Waals surface area contributed by atoms with E-state index in [-0.39, 0.29) is 0 Å². The van der Waals surface area contributed by atoms with Crippen LogP contribution in [0.15, 0.2) is 24.5 Å². The summed E-state index contributed by atoms with van der Waals surface area (Å²) in [6, 6.07) is 4.08. The van der Waals surface area contributed by atoms with E-state index in [2.05, 4.69) is 30.2 Å². The van der Waals surface area contributed by atoms with Gasteiger partial charge in [-0.2, -0.15) is 0 Å². The van der Waals surface area contributed by atoms with Crippen LogP contribution in [-0.2, 0) is 6.54 Å². The molecule has 0 spiro atoms. The van der Waals surface area contributed by atoms with Gasteiger partial charge in [0.15, 0.2) is 0 Å². The largest absolute Gasteiger partial charge is 0.313 e. The van der Waals surface area contributed by atoms with Crippen LogP contribution in [0.25, 0.3) is 0 Å². The highest BCUT2D eigenvalue weighted by Crippen LogP contribution is 2.04. The molecule has 1 unspecified atom stereocenters. The zero-order valence-electron chi connectivity index (χ0n) is 9.16. The van der Waals surface area contributed by atoms with E-state index in [1.54, 1.807) is 0 Å². The third kappa shape index (κ3) is 4.38. The Morgan fingerprint density at radius 1 is 1.50 bits per heavy atom. The zero-order valence-corrected chi connectivity index (χ0v) is 9.16. The van der Waals surface area contributed by atoms with Gasteiger partial charge in [0.2, 0.25) is 0 Å². The molecule has 0 radical (unpaired) electrons. The predicted octanol–water partition coefficient (Wildman–Crippen LogP) is 2.61. The van der Waals surface area contributed by atoms with Crippen molar-refractivity contribution in [2.75, 3.05) is 6.54 Å². The summed E-state index contributed by atoms with van der Waals surface area (Å²) in [4.78, 5) is 4.07. The van der Waals surface area contributed by atoms with Gasteiger partial charge in [0, 0.05) is 18.9 Å². The maximum absolute atomic E-state index is 4.07. The van der Waals surface area contributed by atoms with Gasteiger partial charge in [-0.25, -0.2) is 0 Å². The minimum atomic E-state index is 0.830. The summed E-state index contributed by atoms with van der Waals surface area (Å²) in [5, 5.41) is 3.43. The van der Waals surface area contributed by atoms with Gasteiger partial charge in [0.25, 0.3) is 0 Å². The van der Waals surface area contributed by atoms with Crippen LogP contribution in [-0.4, -0.2) is 11.5 Å². The summed E-state index contributed by atoms with van der Waals surface area (Å²) in [7, 11) is 0. The third-order valence-corrected chi connectivity index (χ3v) is 2.56. The summed E-state index contributed by atoms with van der Waals surface area (Å²) >= 11 is 0. The molecule has 1 aromatic rings. The lowest BCUT2D eigenvalue weighted by molar-refractivity contribution is 0.488. The number of hydrogen-bond donors (Lipinski definition) is 1. The first-order valence-electron chi connectivity index (χ1n) is 5.42. The van der Waals surface area contributed by atoms with Crippen molar-refractivity contribution in [3.8, 4) is 0 Å². The lowest BCUT2D eigenvalue weighted by atomic mass is 10.1. The van der Waals surface area contributed by atoms with Crippen LogP contribution in [0.5, 0.6) is 0 Å². The normalized spacial score (nSPS) is 12.7. The van der Waals surface area contributed by atoms with Crippen molar-refractivity contribution in [1.82, 2.24) is 10.3 Å². The van der Waals surface area contributed by atoms with Crippen molar-refractivity contribution < 1.29 is 0 Å². The average Bonchev–Trinajstić information content (AvgIpc) is 2.25. The second-order valence-corrected chi connectivity index (χ2v) is 3.84. The summed E-state index contributed by atoms with van der Waals surface area (Å²) in [5.41, 5.74) is 1.26. The Kier molecular flexibility index (Phi) is 5.23. The van der Waals surface area contributed by atoms with Crippen LogP contribution < -0.4 is 5.32 Å². The van der Waals surface area contributed by atoms with E-state index >= 15 is 0 Å². The van der Waals surface area contributed by atoms with Gasteiger partial charge in [-0.15, -0.1) is 0 Å². The summed E-state index contributed by atoms with van der Waals surface area (Å²) in [5.74, 6) is 0.830. The molecule has 0 bridgehead atoms. The van der Waals surface area contributed by atoms with E-state index < -0.39 is 0 Å². The van der Waals surface area contributed by atoms with Crippen LogP contribution >= 0.6 is 0 Å². The molecular formula is C12H20N2. The molecule has 2 nitrogen and oxygen atoms in total. The minimum absolute atomic E-state index is 0.830. The third-order valence-electron chi connectivity index (χ3n) is 2.56. The Labute approximate surface area is 86.8 Å². The Bertz CT molecular complexity index is 233. The first-order valence-corrected chi connectivity index (χ1v) is 5.42. The molecule has 78 valence electrons. The standard InChI is InChI=1S/C12H20N2/c1-3-11(2)6-8-14-10-12-5-4-7-13-9-12/h4-5,7,9,11,14H,3,6,8,10H2,1-2H3. The number of rotatable bonds is 6. The highest BCUT2D eigenvalue weighted by atomic mass is 14.8. The minimum Gasteiger partial charge on any atom is -0.313 e. The fraction of sp³-hybridized carbons (Fsp3) is 0.583. The molecule has 0 aromatic carbocycles. The molecule has 1 N–H and O–H groups in total. The molecule has 0 amide bonds. The van der Waals surface area contributed by atoms with Crippen molar-refractivity contribution in [2.24, 2.45) is 5.92 Å². The van der Waals surface area contributed by atoms with Crippen molar-refractivity contribution in [3.63, 3.8) is 0 Å². The van der Waals surface area contributed by atoms with E-state index in [0.717, 1.165) is 19.0 Å². The highest BCUT2D eigenvalue weighted by molar-refractivity contribution is 5.07. The molecule has 1 atom stereocenters.